The molecule has 0 radical (unpaired) electrons. The van der Waals surface area contributed by atoms with E-state index in [1.807, 2.05) is 28.8 Å². The van der Waals surface area contributed by atoms with Crippen LogP contribution in [0.5, 0.6) is 5.75 Å². The van der Waals surface area contributed by atoms with Crippen LogP contribution in [-0.4, -0.2) is 27.9 Å². The molecule has 0 spiro atoms. The van der Waals surface area contributed by atoms with Gasteiger partial charge in [-0.3, -0.25) is 0 Å². The fourth-order valence-corrected chi connectivity index (χ4v) is 2.73. The van der Waals surface area contributed by atoms with Crippen molar-refractivity contribution in [1.82, 2.24) is 9.55 Å². The monoisotopic (exact) mass is 278 g/mol. The Hall–Kier alpha value is -1.52. The van der Waals surface area contributed by atoms with Gasteiger partial charge < -0.3 is 14.4 Å². The summed E-state index contributed by atoms with van der Waals surface area (Å²) in [5.74, 6) is 1.61. The summed E-state index contributed by atoms with van der Waals surface area (Å²) in [5.41, 5.74) is 1.99. The van der Waals surface area contributed by atoms with E-state index < -0.39 is 0 Å². The van der Waals surface area contributed by atoms with Gasteiger partial charge >= 0.3 is 0 Å². The Morgan fingerprint density at radius 3 is 2.79 bits per heavy atom. The second kappa shape index (κ2) is 4.87. The molecule has 0 amide bonds. The van der Waals surface area contributed by atoms with Crippen molar-refractivity contribution in [2.24, 2.45) is 0 Å². The maximum Gasteiger partial charge on any atom is 0.150 e. The van der Waals surface area contributed by atoms with Crippen LogP contribution in [0.15, 0.2) is 24.3 Å². The van der Waals surface area contributed by atoms with E-state index in [9.17, 15) is 5.11 Å². The van der Waals surface area contributed by atoms with Crippen molar-refractivity contribution in [2.45, 2.75) is 25.5 Å². The van der Waals surface area contributed by atoms with Crippen LogP contribution in [0.3, 0.4) is 0 Å². The van der Waals surface area contributed by atoms with E-state index in [1.54, 1.807) is 7.11 Å². The number of rotatable bonds is 2. The summed E-state index contributed by atoms with van der Waals surface area (Å²) < 4.78 is 7.16. The van der Waals surface area contributed by atoms with Gasteiger partial charge in [-0.15, -0.1) is 0 Å². The summed E-state index contributed by atoms with van der Waals surface area (Å²) in [7, 11) is 1.64. The Labute approximate surface area is 116 Å². The van der Waals surface area contributed by atoms with Gasteiger partial charge in [-0.2, -0.15) is 0 Å². The lowest BCUT2D eigenvalue weighted by molar-refractivity contribution is 0.132. The van der Waals surface area contributed by atoms with Gasteiger partial charge in [0.25, 0.3) is 0 Å². The van der Waals surface area contributed by atoms with Crippen molar-refractivity contribution in [2.75, 3.05) is 7.11 Å². The summed E-state index contributed by atoms with van der Waals surface area (Å²) in [4.78, 5) is 4.43. The summed E-state index contributed by atoms with van der Waals surface area (Å²) in [5, 5.41) is 10.3. The molecule has 1 N–H and O–H groups in total. The zero-order valence-electron chi connectivity index (χ0n) is 10.6. The molecule has 0 saturated carbocycles. The number of hydrogen-bond acceptors (Lipinski definition) is 3. The van der Waals surface area contributed by atoms with Gasteiger partial charge in [-0.1, -0.05) is 11.6 Å². The van der Waals surface area contributed by atoms with Gasteiger partial charge in [0.15, 0.2) is 5.15 Å². The van der Waals surface area contributed by atoms with Crippen LogP contribution in [0, 0.1) is 0 Å². The molecule has 1 aliphatic rings. The number of aromatic nitrogens is 2. The zero-order chi connectivity index (χ0) is 13.4. The van der Waals surface area contributed by atoms with Crippen LogP contribution in [0.2, 0.25) is 5.15 Å². The van der Waals surface area contributed by atoms with Crippen LogP contribution in [0.4, 0.5) is 0 Å². The largest absolute Gasteiger partial charge is 0.497 e. The standard InChI is InChI=1S/C14H15ClN2O2/c1-19-11-5-2-9(3-6-11)14-16-13(15)12-7-4-10(18)8-17(12)14/h2-3,5-6,10,18H,4,7-8H2,1H3. The molecular formula is C14H15ClN2O2. The molecule has 1 atom stereocenters. The van der Waals surface area contributed by atoms with Crippen molar-refractivity contribution >= 4 is 11.6 Å². The second-order valence-electron chi connectivity index (χ2n) is 4.70. The fraction of sp³-hybridized carbons (Fsp3) is 0.357. The number of fused-ring (bicyclic) bond motifs is 1. The lowest BCUT2D eigenvalue weighted by Gasteiger charge is -2.21. The highest BCUT2D eigenvalue weighted by molar-refractivity contribution is 6.30. The quantitative estimate of drug-likeness (QED) is 0.918. The van der Waals surface area contributed by atoms with Crippen molar-refractivity contribution in [3.05, 3.63) is 35.1 Å². The minimum absolute atomic E-state index is 0.324. The number of halogens is 1. The molecule has 4 nitrogen and oxygen atoms in total. The molecule has 1 aliphatic heterocycles. The van der Waals surface area contributed by atoms with Gasteiger partial charge in [-0.05, 0) is 37.1 Å². The average molecular weight is 279 g/mol. The molecule has 100 valence electrons. The highest BCUT2D eigenvalue weighted by atomic mass is 35.5. The first-order chi connectivity index (χ1) is 9.19. The first-order valence-corrected chi connectivity index (χ1v) is 6.64. The third-order valence-electron chi connectivity index (χ3n) is 3.48. The molecule has 0 fully saturated rings. The second-order valence-corrected chi connectivity index (χ2v) is 5.06. The number of nitrogens with zero attached hydrogens (tertiary/aromatic N) is 2. The van der Waals surface area contributed by atoms with E-state index in [1.165, 1.54) is 0 Å². The first-order valence-electron chi connectivity index (χ1n) is 6.26. The third-order valence-corrected chi connectivity index (χ3v) is 3.78. The number of imidazole rings is 1. The van der Waals surface area contributed by atoms with E-state index in [-0.39, 0.29) is 6.10 Å². The SMILES string of the molecule is COc1ccc(-c2nc(Cl)c3n2CC(O)CC3)cc1. The predicted octanol–water partition coefficient (Wildman–Crippen LogP) is 2.52. The molecule has 5 heteroatoms. The van der Waals surface area contributed by atoms with E-state index in [4.69, 9.17) is 16.3 Å². The Balaban J connectivity index is 2.04. The van der Waals surface area contributed by atoms with Crippen molar-refractivity contribution < 1.29 is 9.84 Å². The molecule has 2 aromatic rings. The summed E-state index contributed by atoms with van der Waals surface area (Å²) in [6, 6.07) is 7.69. The highest BCUT2D eigenvalue weighted by Gasteiger charge is 2.23. The Morgan fingerprint density at radius 1 is 1.37 bits per heavy atom. The minimum Gasteiger partial charge on any atom is -0.497 e. The number of aliphatic hydroxyl groups is 1. The number of methoxy groups -OCH3 is 1. The average Bonchev–Trinajstić information content (AvgIpc) is 2.75. The van der Waals surface area contributed by atoms with Gasteiger partial charge in [0.2, 0.25) is 0 Å². The summed E-state index contributed by atoms with van der Waals surface area (Å²) >= 11 is 6.18. The minimum atomic E-state index is -0.324. The van der Waals surface area contributed by atoms with E-state index in [2.05, 4.69) is 4.98 Å². The predicted molar refractivity (Wildman–Crippen MR) is 73.6 cm³/mol. The number of aliphatic hydroxyl groups excluding tert-OH is 1. The Kier molecular flexibility index (Phi) is 3.21. The van der Waals surface area contributed by atoms with Crippen LogP contribution in [-0.2, 0) is 13.0 Å². The van der Waals surface area contributed by atoms with E-state index in [0.717, 1.165) is 35.7 Å². The van der Waals surface area contributed by atoms with Crippen LogP contribution in [0.25, 0.3) is 11.4 Å². The molecule has 0 saturated heterocycles. The van der Waals surface area contributed by atoms with Crippen molar-refractivity contribution in [1.29, 1.82) is 0 Å². The molecule has 3 rings (SSSR count). The van der Waals surface area contributed by atoms with Gasteiger partial charge in [-0.25, -0.2) is 4.98 Å². The first kappa shape index (κ1) is 12.5. The normalized spacial score (nSPS) is 18.2. The fourth-order valence-electron chi connectivity index (χ4n) is 2.46. The lowest BCUT2D eigenvalue weighted by atomic mass is 10.1. The third kappa shape index (κ3) is 2.22. The Morgan fingerprint density at radius 2 is 2.11 bits per heavy atom. The molecule has 1 unspecified atom stereocenters. The molecule has 2 heterocycles. The number of benzene rings is 1. The number of ether oxygens (including phenoxy) is 1. The maximum atomic E-state index is 9.81. The van der Waals surface area contributed by atoms with E-state index in [0.29, 0.717) is 11.7 Å². The molecule has 1 aromatic heterocycles. The molecule has 0 aliphatic carbocycles. The highest BCUT2D eigenvalue weighted by Crippen LogP contribution is 2.30. The summed E-state index contributed by atoms with van der Waals surface area (Å²) in [6.07, 6.45) is 1.19. The molecule has 1 aromatic carbocycles. The van der Waals surface area contributed by atoms with Crippen LogP contribution in [0.1, 0.15) is 12.1 Å². The van der Waals surface area contributed by atoms with Gasteiger partial charge in [0.05, 0.1) is 25.5 Å². The molecule has 19 heavy (non-hydrogen) atoms. The maximum absolute atomic E-state index is 9.81. The van der Waals surface area contributed by atoms with Crippen LogP contribution >= 0.6 is 11.6 Å². The van der Waals surface area contributed by atoms with Crippen molar-refractivity contribution in [3.8, 4) is 17.1 Å². The van der Waals surface area contributed by atoms with Gasteiger partial charge in [0.1, 0.15) is 11.6 Å². The van der Waals surface area contributed by atoms with Crippen molar-refractivity contribution in [3.63, 3.8) is 0 Å². The molecular weight excluding hydrogens is 264 g/mol. The smallest absolute Gasteiger partial charge is 0.150 e. The topological polar surface area (TPSA) is 47.3 Å². The lowest BCUT2D eigenvalue weighted by Crippen LogP contribution is -2.24. The summed E-state index contributed by atoms with van der Waals surface area (Å²) in [6.45, 7) is 0.552. The molecule has 0 bridgehead atoms. The Bertz CT molecular complexity index is 592. The van der Waals surface area contributed by atoms with Gasteiger partial charge in [0, 0.05) is 5.56 Å². The van der Waals surface area contributed by atoms with E-state index >= 15 is 0 Å². The zero-order valence-corrected chi connectivity index (χ0v) is 11.4. The van der Waals surface area contributed by atoms with Crippen LogP contribution < -0.4 is 4.74 Å². The number of hydrogen-bond donors (Lipinski definition) is 1.